The molecule has 0 aromatic carbocycles. The van der Waals surface area contributed by atoms with Crippen LogP contribution in [-0.4, -0.2) is 41.6 Å². The molecule has 0 aromatic heterocycles. The molecule has 0 aliphatic heterocycles. The van der Waals surface area contributed by atoms with E-state index in [-0.39, 0.29) is 6.10 Å². The van der Waals surface area contributed by atoms with Gasteiger partial charge in [-0.25, -0.2) is 0 Å². The monoisotopic (exact) mass is 315 g/mol. The fraction of sp³-hybridized carbons (Fsp3) is 1.00. The average molecular weight is 316 g/mol. The molecule has 0 rings (SSSR count). The highest BCUT2D eigenvalue weighted by atomic mass is 28.1. The van der Waals surface area contributed by atoms with Gasteiger partial charge in [0.15, 0.2) is 5.41 Å². The lowest BCUT2D eigenvalue weighted by atomic mass is 10.2. The smallest absolute Gasteiger partial charge is 0.169 e. The molecule has 1 unspecified atom stereocenters. The Bertz CT molecular complexity index is 214. The lowest BCUT2D eigenvalue weighted by Crippen LogP contribution is -2.50. The molecule has 0 aliphatic carbocycles. The van der Waals surface area contributed by atoms with Crippen molar-refractivity contribution in [2.75, 3.05) is 19.8 Å². The van der Waals surface area contributed by atoms with Gasteiger partial charge in [-0.05, 0) is 25.7 Å². The van der Waals surface area contributed by atoms with Gasteiger partial charge in [-0.1, -0.05) is 53.4 Å². The Morgan fingerprint density at radius 1 is 0.762 bits per heavy atom. The van der Waals surface area contributed by atoms with Crippen molar-refractivity contribution in [3.8, 4) is 0 Å². The van der Waals surface area contributed by atoms with E-state index in [9.17, 15) is 0 Å². The first kappa shape index (κ1) is 21.1. The number of ether oxygens (including phenoxy) is 3. The first-order valence-electron chi connectivity index (χ1n) is 8.79. The maximum Gasteiger partial charge on any atom is 0.169 e. The van der Waals surface area contributed by atoms with E-state index in [0.717, 1.165) is 58.0 Å². The standard InChI is InChI=1S/C17H35O3Si/c1-5-9-13-18-16(12-8-4)17(21,19-14-10-6-2)20-15-11-7-3/h16H,5-15H2,1-4H3. The van der Waals surface area contributed by atoms with Gasteiger partial charge in [0.05, 0.1) is 0 Å². The predicted molar refractivity (Wildman–Crippen MR) is 89.8 cm³/mol. The van der Waals surface area contributed by atoms with Gasteiger partial charge in [-0.2, -0.15) is 0 Å². The topological polar surface area (TPSA) is 27.7 Å². The Kier molecular flexibility index (Phi) is 13.8. The highest BCUT2D eigenvalue weighted by molar-refractivity contribution is 6.13. The lowest BCUT2D eigenvalue weighted by molar-refractivity contribution is -0.242. The van der Waals surface area contributed by atoms with E-state index in [0.29, 0.717) is 13.2 Å². The third kappa shape index (κ3) is 9.66. The summed E-state index contributed by atoms with van der Waals surface area (Å²) in [5, 5.41) is 0. The van der Waals surface area contributed by atoms with Crippen LogP contribution in [0.3, 0.4) is 0 Å². The van der Waals surface area contributed by atoms with E-state index in [1.54, 1.807) is 0 Å². The molecule has 3 nitrogen and oxygen atoms in total. The summed E-state index contributed by atoms with van der Waals surface area (Å²) in [4.78, 5) is 0. The molecular weight excluding hydrogens is 280 g/mol. The highest BCUT2D eigenvalue weighted by Gasteiger charge is 2.36. The summed E-state index contributed by atoms with van der Waals surface area (Å²) in [6, 6.07) is 0. The van der Waals surface area contributed by atoms with Crippen molar-refractivity contribution in [3.63, 3.8) is 0 Å². The van der Waals surface area contributed by atoms with Crippen molar-refractivity contribution >= 4 is 10.2 Å². The molecule has 0 saturated heterocycles. The largest absolute Gasteiger partial charge is 0.373 e. The Morgan fingerprint density at radius 3 is 1.67 bits per heavy atom. The van der Waals surface area contributed by atoms with E-state index in [4.69, 9.17) is 14.2 Å². The van der Waals surface area contributed by atoms with Crippen molar-refractivity contribution in [2.45, 2.75) is 90.6 Å². The first-order chi connectivity index (χ1) is 10.1. The number of hydrogen-bond acceptors (Lipinski definition) is 3. The van der Waals surface area contributed by atoms with E-state index < -0.39 is 5.41 Å². The van der Waals surface area contributed by atoms with Crippen molar-refractivity contribution in [1.29, 1.82) is 0 Å². The highest BCUT2D eigenvalue weighted by Crippen LogP contribution is 2.23. The van der Waals surface area contributed by atoms with E-state index in [2.05, 4.69) is 37.9 Å². The molecule has 0 heterocycles. The van der Waals surface area contributed by atoms with E-state index in [1.165, 1.54) is 0 Å². The van der Waals surface area contributed by atoms with Gasteiger partial charge in [0.25, 0.3) is 0 Å². The molecule has 1 atom stereocenters. The van der Waals surface area contributed by atoms with Crippen molar-refractivity contribution in [2.24, 2.45) is 0 Å². The Morgan fingerprint density at radius 2 is 1.24 bits per heavy atom. The summed E-state index contributed by atoms with van der Waals surface area (Å²) >= 11 is 0. The van der Waals surface area contributed by atoms with Gasteiger partial charge >= 0.3 is 0 Å². The minimum absolute atomic E-state index is 0.0561. The minimum atomic E-state index is -0.798. The summed E-state index contributed by atoms with van der Waals surface area (Å²) in [6.45, 7) is 10.8. The van der Waals surface area contributed by atoms with Crippen LogP contribution in [-0.2, 0) is 14.2 Å². The Balaban J connectivity index is 4.62. The fourth-order valence-corrected chi connectivity index (χ4v) is 2.41. The van der Waals surface area contributed by atoms with Crippen LogP contribution in [0, 0.1) is 0 Å². The van der Waals surface area contributed by atoms with Gasteiger partial charge in [0, 0.05) is 19.8 Å². The predicted octanol–water partition coefficient (Wildman–Crippen LogP) is 4.43. The quantitative estimate of drug-likeness (QED) is 0.254. The van der Waals surface area contributed by atoms with Crippen LogP contribution in [0.15, 0.2) is 0 Å². The molecule has 0 amide bonds. The van der Waals surface area contributed by atoms with Crippen LogP contribution in [0.4, 0.5) is 0 Å². The molecule has 0 spiro atoms. The SMILES string of the molecule is CCCCOC(CCC)C([Si])(OCCCC)OCCCC. The molecule has 21 heavy (non-hydrogen) atoms. The fourth-order valence-electron chi connectivity index (χ4n) is 1.98. The molecule has 0 bridgehead atoms. The van der Waals surface area contributed by atoms with Crippen LogP contribution in [0.25, 0.3) is 0 Å². The van der Waals surface area contributed by atoms with Gasteiger partial charge < -0.3 is 14.2 Å². The Hall–Kier alpha value is 0.0969. The second-order valence-corrected chi connectivity index (χ2v) is 6.27. The summed E-state index contributed by atoms with van der Waals surface area (Å²) in [5.41, 5.74) is -0.798. The van der Waals surface area contributed by atoms with Crippen molar-refractivity contribution in [1.82, 2.24) is 0 Å². The zero-order valence-corrected chi connectivity index (χ0v) is 15.6. The van der Waals surface area contributed by atoms with Crippen LogP contribution in [0.2, 0.25) is 0 Å². The second kappa shape index (κ2) is 13.7. The van der Waals surface area contributed by atoms with Crippen molar-refractivity contribution in [3.05, 3.63) is 0 Å². The molecule has 0 aliphatic rings. The van der Waals surface area contributed by atoms with Crippen LogP contribution in [0.5, 0.6) is 0 Å². The Labute approximate surface area is 135 Å². The molecule has 0 N–H and O–H groups in total. The van der Waals surface area contributed by atoms with Gasteiger partial charge in [0.1, 0.15) is 16.3 Å². The van der Waals surface area contributed by atoms with E-state index in [1.807, 2.05) is 0 Å². The number of unbranched alkanes of at least 4 members (excludes halogenated alkanes) is 3. The maximum atomic E-state index is 6.05. The molecule has 125 valence electrons. The zero-order valence-electron chi connectivity index (χ0n) is 14.6. The summed E-state index contributed by atoms with van der Waals surface area (Å²) < 4.78 is 18.1. The number of rotatable bonds is 15. The molecule has 0 saturated carbocycles. The normalized spacial score (nSPS) is 13.6. The van der Waals surface area contributed by atoms with E-state index >= 15 is 0 Å². The molecule has 3 radical (unpaired) electrons. The maximum absolute atomic E-state index is 6.05. The lowest BCUT2D eigenvalue weighted by Gasteiger charge is -2.37. The van der Waals surface area contributed by atoms with Crippen LogP contribution < -0.4 is 0 Å². The summed E-state index contributed by atoms with van der Waals surface area (Å²) in [7, 11) is 3.76. The summed E-state index contributed by atoms with van der Waals surface area (Å²) in [6.07, 6.45) is 8.46. The third-order valence-corrected chi connectivity index (χ3v) is 4.03. The summed E-state index contributed by atoms with van der Waals surface area (Å²) in [5.74, 6) is 0. The average Bonchev–Trinajstić information content (AvgIpc) is 2.47. The molecular formula is C17H35O3Si. The minimum Gasteiger partial charge on any atom is -0.373 e. The first-order valence-corrected chi connectivity index (χ1v) is 9.29. The number of hydrogen-bond donors (Lipinski definition) is 0. The molecule has 4 heteroatoms. The van der Waals surface area contributed by atoms with Crippen LogP contribution in [0.1, 0.15) is 79.1 Å². The van der Waals surface area contributed by atoms with Crippen molar-refractivity contribution < 1.29 is 14.2 Å². The molecule has 0 aromatic rings. The molecule has 0 fully saturated rings. The second-order valence-electron chi connectivity index (χ2n) is 5.57. The zero-order chi connectivity index (χ0) is 16.0. The third-order valence-electron chi connectivity index (χ3n) is 3.42. The van der Waals surface area contributed by atoms with Gasteiger partial charge in [0.2, 0.25) is 0 Å². The van der Waals surface area contributed by atoms with Gasteiger partial charge in [-0.3, -0.25) is 0 Å². The van der Waals surface area contributed by atoms with Gasteiger partial charge in [-0.15, -0.1) is 0 Å². The van der Waals surface area contributed by atoms with Crippen LogP contribution >= 0.6 is 0 Å².